The monoisotopic (exact) mass is 238 g/mol. The van der Waals surface area contributed by atoms with Gasteiger partial charge in [0.1, 0.15) is 5.82 Å². The summed E-state index contributed by atoms with van der Waals surface area (Å²) in [6, 6.07) is 5.02. The number of rotatable bonds is 4. The molecule has 0 bridgehead atoms. The minimum absolute atomic E-state index is 0.193. The second-order valence-corrected chi connectivity index (χ2v) is 5.13. The summed E-state index contributed by atoms with van der Waals surface area (Å²) in [4.78, 5) is 0. The summed E-state index contributed by atoms with van der Waals surface area (Å²) in [7, 11) is 0. The Balaban J connectivity index is 1.89. The number of hydrogen-bond donors (Lipinski definition) is 0. The molecule has 0 spiro atoms. The summed E-state index contributed by atoms with van der Waals surface area (Å²) in [6.07, 6.45) is 3.08. The molecule has 86 valence electrons. The van der Waals surface area contributed by atoms with E-state index in [1.807, 2.05) is 6.07 Å². The van der Waals surface area contributed by atoms with E-state index in [0.717, 1.165) is 24.3 Å². The third kappa shape index (κ3) is 2.65. The summed E-state index contributed by atoms with van der Waals surface area (Å²) in [5.74, 6) is 1.18. The zero-order valence-corrected chi connectivity index (χ0v) is 10.2. The largest absolute Gasteiger partial charge is 0.205 e. The molecule has 16 heavy (non-hydrogen) atoms. The average Bonchev–Trinajstić information content (AvgIpc) is 2.97. The van der Waals surface area contributed by atoms with Gasteiger partial charge in [-0.25, -0.2) is 4.39 Å². The summed E-state index contributed by atoms with van der Waals surface area (Å²) in [5.41, 5.74) is 2.30. The Morgan fingerprint density at radius 2 is 2.25 bits per heavy atom. The third-order valence-electron chi connectivity index (χ3n) is 3.35. The highest BCUT2D eigenvalue weighted by atomic mass is 35.5. The zero-order valence-electron chi connectivity index (χ0n) is 9.47. The molecule has 1 aromatic rings. The van der Waals surface area contributed by atoms with Crippen LogP contribution in [0.15, 0.2) is 30.4 Å². The van der Waals surface area contributed by atoms with Gasteiger partial charge in [0.15, 0.2) is 0 Å². The molecule has 0 radical (unpaired) electrons. The van der Waals surface area contributed by atoms with Crippen molar-refractivity contribution in [3.05, 3.63) is 46.8 Å². The highest BCUT2D eigenvalue weighted by molar-refractivity contribution is 6.30. The molecule has 2 rings (SSSR count). The fraction of sp³-hybridized carbons (Fsp3) is 0.429. The number of aryl methyl sites for hydroxylation is 1. The molecule has 2 heteroatoms. The molecule has 0 N–H and O–H groups in total. The van der Waals surface area contributed by atoms with Crippen molar-refractivity contribution in [2.75, 3.05) is 0 Å². The Morgan fingerprint density at radius 3 is 2.81 bits per heavy atom. The summed E-state index contributed by atoms with van der Waals surface area (Å²) >= 11 is 5.63. The average molecular weight is 239 g/mol. The van der Waals surface area contributed by atoms with Crippen LogP contribution in [0.4, 0.5) is 4.39 Å². The molecule has 0 heterocycles. The molecule has 0 aliphatic heterocycles. The molecule has 2 unspecified atom stereocenters. The van der Waals surface area contributed by atoms with Gasteiger partial charge in [-0.15, -0.1) is 0 Å². The molecule has 0 nitrogen and oxygen atoms in total. The van der Waals surface area contributed by atoms with Crippen LogP contribution in [-0.4, -0.2) is 0 Å². The Morgan fingerprint density at radius 1 is 1.56 bits per heavy atom. The van der Waals surface area contributed by atoms with Gasteiger partial charge in [-0.05, 0) is 48.8 Å². The van der Waals surface area contributed by atoms with E-state index in [4.69, 9.17) is 11.6 Å². The lowest BCUT2D eigenvalue weighted by molar-refractivity contribution is 0.625. The third-order valence-corrected chi connectivity index (χ3v) is 3.66. The summed E-state index contributed by atoms with van der Waals surface area (Å²) in [5, 5.41) is 0.193. The van der Waals surface area contributed by atoms with Crippen molar-refractivity contribution in [1.29, 1.82) is 0 Å². The Kier molecular flexibility index (Phi) is 3.34. The van der Waals surface area contributed by atoms with Gasteiger partial charge in [0.2, 0.25) is 0 Å². The van der Waals surface area contributed by atoms with Crippen molar-refractivity contribution in [3.8, 4) is 0 Å². The van der Waals surface area contributed by atoms with Crippen LogP contribution in [0.5, 0.6) is 0 Å². The van der Waals surface area contributed by atoms with Crippen LogP contribution in [0.25, 0.3) is 0 Å². The summed E-state index contributed by atoms with van der Waals surface area (Å²) in [6.45, 7) is 6.35. The molecule has 2 atom stereocenters. The van der Waals surface area contributed by atoms with E-state index >= 15 is 0 Å². The van der Waals surface area contributed by atoms with Crippen LogP contribution < -0.4 is 0 Å². The van der Waals surface area contributed by atoms with Crippen molar-refractivity contribution in [1.82, 2.24) is 0 Å². The maximum Gasteiger partial charge on any atom is 0.142 e. The first-order valence-electron chi connectivity index (χ1n) is 5.69. The van der Waals surface area contributed by atoms with Gasteiger partial charge in [0.25, 0.3) is 0 Å². The smallest absolute Gasteiger partial charge is 0.142 e. The van der Waals surface area contributed by atoms with Crippen LogP contribution in [0, 0.1) is 17.7 Å². The first kappa shape index (κ1) is 11.7. The number of allylic oxidation sites excluding steroid dienone is 1. The maximum atomic E-state index is 13.2. The van der Waals surface area contributed by atoms with Crippen LogP contribution in [0.1, 0.15) is 25.3 Å². The fourth-order valence-corrected chi connectivity index (χ4v) is 2.19. The normalized spacial score (nSPS) is 23.2. The first-order chi connectivity index (χ1) is 7.58. The van der Waals surface area contributed by atoms with E-state index in [1.54, 1.807) is 6.07 Å². The van der Waals surface area contributed by atoms with Crippen LogP contribution in [-0.2, 0) is 6.42 Å². The Hall–Kier alpha value is -0.820. The van der Waals surface area contributed by atoms with Crippen LogP contribution in [0.3, 0.4) is 0 Å². The lowest BCUT2D eigenvalue weighted by Crippen LogP contribution is -1.92. The standard InChI is InChI=1S/C14H16ClF/c1-9(12-7-10(12)2)3-4-11-5-6-13(15)14(16)8-11/h5-6,8,10,12H,1,3-4,7H2,2H3. The zero-order chi connectivity index (χ0) is 11.7. The Labute approximate surface area is 101 Å². The van der Waals surface area contributed by atoms with Crippen LogP contribution >= 0.6 is 11.6 Å². The quantitative estimate of drug-likeness (QED) is 0.672. The second kappa shape index (κ2) is 4.58. The maximum absolute atomic E-state index is 13.2. The van der Waals surface area contributed by atoms with Gasteiger partial charge < -0.3 is 0 Å². The number of hydrogen-bond acceptors (Lipinski definition) is 0. The van der Waals surface area contributed by atoms with Gasteiger partial charge in [-0.3, -0.25) is 0 Å². The van der Waals surface area contributed by atoms with Crippen molar-refractivity contribution >= 4 is 11.6 Å². The van der Waals surface area contributed by atoms with Gasteiger partial charge in [0, 0.05) is 0 Å². The minimum atomic E-state index is -0.329. The molecule has 1 aromatic carbocycles. The molecule has 1 aliphatic carbocycles. The molecule has 1 saturated carbocycles. The summed E-state index contributed by atoms with van der Waals surface area (Å²) < 4.78 is 13.2. The minimum Gasteiger partial charge on any atom is -0.205 e. The Bertz CT molecular complexity index is 411. The predicted octanol–water partition coefficient (Wildman–Crippen LogP) is 4.62. The molecule has 0 saturated heterocycles. The van der Waals surface area contributed by atoms with E-state index in [0.29, 0.717) is 5.92 Å². The van der Waals surface area contributed by atoms with Crippen molar-refractivity contribution < 1.29 is 4.39 Å². The van der Waals surface area contributed by atoms with E-state index < -0.39 is 0 Å². The van der Waals surface area contributed by atoms with E-state index in [1.165, 1.54) is 18.1 Å². The molecule has 1 aliphatic rings. The fourth-order valence-electron chi connectivity index (χ4n) is 2.08. The van der Waals surface area contributed by atoms with Gasteiger partial charge in [-0.1, -0.05) is 36.7 Å². The molecule has 0 aromatic heterocycles. The molecular formula is C14H16ClF. The molecular weight excluding hydrogens is 223 g/mol. The second-order valence-electron chi connectivity index (χ2n) is 4.73. The van der Waals surface area contributed by atoms with Gasteiger partial charge in [0.05, 0.1) is 5.02 Å². The SMILES string of the molecule is C=C(CCc1ccc(Cl)c(F)c1)C1CC1C. The lowest BCUT2D eigenvalue weighted by Gasteiger charge is -2.05. The predicted molar refractivity (Wildman–Crippen MR) is 66.1 cm³/mol. The van der Waals surface area contributed by atoms with E-state index in [-0.39, 0.29) is 10.8 Å². The highest BCUT2D eigenvalue weighted by Crippen LogP contribution is 2.44. The van der Waals surface area contributed by atoms with E-state index in [2.05, 4.69) is 13.5 Å². The van der Waals surface area contributed by atoms with Gasteiger partial charge >= 0.3 is 0 Å². The first-order valence-corrected chi connectivity index (χ1v) is 6.07. The van der Waals surface area contributed by atoms with Crippen LogP contribution in [0.2, 0.25) is 5.02 Å². The van der Waals surface area contributed by atoms with Crippen molar-refractivity contribution in [2.45, 2.75) is 26.2 Å². The lowest BCUT2D eigenvalue weighted by atomic mass is 10.0. The molecule has 1 fully saturated rings. The highest BCUT2D eigenvalue weighted by Gasteiger charge is 2.34. The van der Waals surface area contributed by atoms with E-state index in [9.17, 15) is 4.39 Å². The topological polar surface area (TPSA) is 0 Å². The number of benzene rings is 1. The van der Waals surface area contributed by atoms with Crippen molar-refractivity contribution in [2.24, 2.45) is 11.8 Å². The molecule has 0 amide bonds. The van der Waals surface area contributed by atoms with Gasteiger partial charge in [-0.2, -0.15) is 0 Å². The van der Waals surface area contributed by atoms with Crippen molar-refractivity contribution in [3.63, 3.8) is 0 Å². The number of halogens is 2.